The molecule has 0 radical (unpaired) electrons. The Balaban J connectivity index is 1.92. The topological polar surface area (TPSA) is 49.5 Å². The van der Waals surface area contributed by atoms with Crippen molar-refractivity contribution in [3.63, 3.8) is 0 Å². The molecule has 1 unspecified atom stereocenters. The van der Waals surface area contributed by atoms with E-state index < -0.39 is 6.10 Å². The van der Waals surface area contributed by atoms with Crippen LogP contribution >= 0.6 is 0 Å². The molecule has 0 amide bonds. The molecule has 1 fully saturated rings. The number of rotatable bonds is 6. The molecule has 1 saturated carbocycles. The monoisotopic (exact) mass is 248 g/mol. The second-order valence-electron chi connectivity index (χ2n) is 5.29. The van der Waals surface area contributed by atoms with Crippen LogP contribution in [0.4, 0.5) is 5.69 Å². The molecule has 3 heteroatoms. The molecular formula is C15H24N2O. The van der Waals surface area contributed by atoms with Gasteiger partial charge in [0.25, 0.3) is 0 Å². The average molecular weight is 248 g/mol. The normalized spacial score (nSPS) is 17.7. The van der Waals surface area contributed by atoms with Crippen molar-refractivity contribution < 1.29 is 5.11 Å². The molecule has 1 aromatic rings. The summed E-state index contributed by atoms with van der Waals surface area (Å²) in [7, 11) is 0. The van der Waals surface area contributed by atoms with Gasteiger partial charge in [-0.2, -0.15) is 0 Å². The van der Waals surface area contributed by atoms with Crippen molar-refractivity contribution in [3.8, 4) is 0 Å². The highest BCUT2D eigenvalue weighted by Crippen LogP contribution is 2.28. The van der Waals surface area contributed by atoms with Crippen LogP contribution in [0.15, 0.2) is 24.3 Å². The molecule has 0 heterocycles. The third-order valence-electron chi connectivity index (χ3n) is 3.97. The van der Waals surface area contributed by atoms with Crippen LogP contribution in [0.5, 0.6) is 0 Å². The number of nitrogens with zero attached hydrogens (tertiary/aromatic N) is 1. The summed E-state index contributed by atoms with van der Waals surface area (Å²) in [6.45, 7) is 4.93. The Morgan fingerprint density at radius 2 is 2.11 bits per heavy atom. The van der Waals surface area contributed by atoms with E-state index in [9.17, 15) is 5.11 Å². The molecule has 1 atom stereocenters. The number of hydrogen-bond acceptors (Lipinski definition) is 3. The predicted octanol–water partition coefficient (Wildman–Crippen LogP) is 2.42. The van der Waals surface area contributed by atoms with Gasteiger partial charge in [0.2, 0.25) is 0 Å². The van der Waals surface area contributed by atoms with Gasteiger partial charge in [0, 0.05) is 24.3 Å². The van der Waals surface area contributed by atoms with Crippen LogP contribution in [0.3, 0.4) is 0 Å². The molecule has 2 rings (SSSR count). The Hall–Kier alpha value is -1.06. The summed E-state index contributed by atoms with van der Waals surface area (Å²) in [4.78, 5) is 2.33. The first-order valence-corrected chi connectivity index (χ1v) is 6.95. The van der Waals surface area contributed by atoms with Crippen molar-refractivity contribution in [2.24, 2.45) is 5.92 Å². The van der Waals surface area contributed by atoms with Gasteiger partial charge in [0.1, 0.15) is 0 Å². The average Bonchev–Trinajstić information content (AvgIpc) is 2.32. The highest BCUT2D eigenvalue weighted by molar-refractivity contribution is 5.47. The van der Waals surface area contributed by atoms with E-state index in [2.05, 4.69) is 11.8 Å². The quantitative estimate of drug-likeness (QED) is 0.760. The maximum absolute atomic E-state index is 10.3. The second kappa shape index (κ2) is 6.21. The van der Waals surface area contributed by atoms with Crippen molar-refractivity contribution in [2.75, 3.05) is 25.4 Å². The SMILES string of the molecule is CCN(CC1CCC1)CC(O)c1ccccc1N. The molecule has 3 N–H and O–H groups in total. The maximum Gasteiger partial charge on any atom is 0.0936 e. The van der Waals surface area contributed by atoms with Crippen molar-refractivity contribution in [3.05, 3.63) is 29.8 Å². The van der Waals surface area contributed by atoms with Gasteiger partial charge >= 0.3 is 0 Å². The third-order valence-corrected chi connectivity index (χ3v) is 3.97. The molecule has 100 valence electrons. The molecule has 1 aliphatic rings. The van der Waals surface area contributed by atoms with E-state index in [4.69, 9.17) is 5.73 Å². The van der Waals surface area contributed by atoms with Gasteiger partial charge in [-0.15, -0.1) is 0 Å². The number of nitrogen functional groups attached to an aromatic ring is 1. The van der Waals surface area contributed by atoms with Gasteiger partial charge in [-0.25, -0.2) is 0 Å². The summed E-state index contributed by atoms with van der Waals surface area (Å²) in [5.74, 6) is 0.838. The lowest BCUT2D eigenvalue weighted by molar-refractivity contribution is 0.0945. The summed E-state index contributed by atoms with van der Waals surface area (Å²) in [6.07, 6.45) is 3.59. The smallest absolute Gasteiger partial charge is 0.0936 e. The van der Waals surface area contributed by atoms with Gasteiger partial charge in [-0.3, -0.25) is 0 Å². The summed E-state index contributed by atoms with van der Waals surface area (Å²) in [5.41, 5.74) is 7.44. The van der Waals surface area contributed by atoms with Gasteiger partial charge in [-0.05, 0) is 31.4 Å². The molecule has 3 nitrogen and oxygen atoms in total. The largest absolute Gasteiger partial charge is 0.398 e. The number of aliphatic hydroxyl groups excluding tert-OH is 1. The highest BCUT2D eigenvalue weighted by atomic mass is 16.3. The summed E-state index contributed by atoms with van der Waals surface area (Å²) >= 11 is 0. The van der Waals surface area contributed by atoms with E-state index in [1.54, 1.807) is 0 Å². The lowest BCUT2D eigenvalue weighted by atomic mass is 9.85. The van der Waals surface area contributed by atoms with E-state index in [0.717, 1.165) is 24.6 Å². The fourth-order valence-corrected chi connectivity index (χ4v) is 2.53. The van der Waals surface area contributed by atoms with E-state index in [1.807, 2.05) is 24.3 Å². The van der Waals surface area contributed by atoms with Crippen LogP contribution in [0.2, 0.25) is 0 Å². The molecule has 1 aromatic carbocycles. The molecular weight excluding hydrogens is 224 g/mol. The highest BCUT2D eigenvalue weighted by Gasteiger charge is 2.22. The van der Waals surface area contributed by atoms with Gasteiger partial charge in [0.05, 0.1) is 6.10 Å². The Morgan fingerprint density at radius 1 is 1.39 bits per heavy atom. The van der Waals surface area contributed by atoms with Crippen LogP contribution < -0.4 is 5.73 Å². The number of nitrogens with two attached hydrogens (primary N) is 1. The first-order valence-electron chi connectivity index (χ1n) is 6.95. The minimum absolute atomic E-state index is 0.480. The van der Waals surface area contributed by atoms with Crippen molar-refractivity contribution in [2.45, 2.75) is 32.3 Å². The zero-order valence-electron chi connectivity index (χ0n) is 11.2. The van der Waals surface area contributed by atoms with Crippen molar-refractivity contribution in [1.29, 1.82) is 0 Å². The number of para-hydroxylation sites is 1. The number of hydrogen-bond donors (Lipinski definition) is 2. The number of likely N-dealkylation sites (N-methyl/N-ethyl adjacent to an activating group) is 1. The Bertz CT molecular complexity index is 377. The number of aliphatic hydroxyl groups is 1. The van der Waals surface area contributed by atoms with E-state index >= 15 is 0 Å². The lowest BCUT2D eigenvalue weighted by Crippen LogP contribution is -2.35. The second-order valence-corrected chi connectivity index (χ2v) is 5.29. The molecule has 0 bridgehead atoms. The van der Waals surface area contributed by atoms with Gasteiger partial charge < -0.3 is 15.7 Å². The molecule has 0 spiro atoms. The maximum atomic E-state index is 10.3. The van der Waals surface area contributed by atoms with Crippen molar-refractivity contribution in [1.82, 2.24) is 4.90 Å². The summed E-state index contributed by atoms with van der Waals surface area (Å²) in [6, 6.07) is 7.59. The first kappa shape index (κ1) is 13.4. The Labute approximate surface area is 110 Å². The van der Waals surface area contributed by atoms with Crippen LogP contribution in [0.25, 0.3) is 0 Å². The molecule has 1 aliphatic carbocycles. The van der Waals surface area contributed by atoms with E-state index in [-0.39, 0.29) is 0 Å². The lowest BCUT2D eigenvalue weighted by Gasteiger charge is -2.33. The van der Waals surface area contributed by atoms with Crippen LogP contribution in [-0.4, -0.2) is 29.6 Å². The van der Waals surface area contributed by atoms with Crippen LogP contribution in [0.1, 0.15) is 37.9 Å². The minimum atomic E-state index is -0.480. The van der Waals surface area contributed by atoms with Crippen molar-refractivity contribution >= 4 is 5.69 Å². The fourth-order valence-electron chi connectivity index (χ4n) is 2.53. The van der Waals surface area contributed by atoms with Gasteiger partial charge in [0.15, 0.2) is 0 Å². The number of anilines is 1. The number of benzene rings is 1. The molecule has 0 saturated heterocycles. The fraction of sp³-hybridized carbons (Fsp3) is 0.600. The van der Waals surface area contributed by atoms with Crippen LogP contribution in [-0.2, 0) is 0 Å². The Kier molecular flexibility index (Phi) is 4.61. The predicted molar refractivity (Wildman–Crippen MR) is 75.3 cm³/mol. The molecule has 18 heavy (non-hydrogen) atoms. The molecule has 0 aromatic heterocycles. The third kappa shape index (κ3) is 3.24. The zero-order chi connectivity index (χ0) is 13.0. The Morgan fingerprint density at radius 3 is 2.67 bits per heavy atom. The van der Waals surface area contributed by atoms with Crippen LogP contribution in [0, 0.1) is 5.92 Å². The van der Waals surface area contributed by atoms with E-state index in [0.29, 0.717) is 12.2 Å². The van der Waals surface area contributed by atoms with E-state index in [1.165, 1.54) is 19.3 Å². The molecule has 0 aliphatic heterocycles. The summed E-state index contributed by atoms with van der Waals surface area (Å²) < 4.78 is 0. The standard InChI is InChI=1S/C15H24N2O/c1-2-17(10-12-6-5-7-12)11-15(18)13-8-3-4-9-14(13)16/h3-4,8-9,12,15,18H,2,5-7,10-11,16H2,1H3. The van der Waals surface area contributed by atoms with Gasteiger partial charge in [-0.1, -0.05) is 31.5 Å². The first-order chi connectivity index (χ1) is 8.70. The minimum Gasteiger partial charge on any atom is -0.398 e. The summed E-state index contributed by atoms with van der Waals surface area (Å²) in [5, 5.41) is 10.3. The zero-order valence-corrected chi connectivity index (χ0v) is 11.2.